The van der Waals surface area contributed by atoms with Crippen molar-refractivity contribution >= 4 is 23.1 Å². The highest BCUT2D eigenvalue weighted by atomic mass is 16.5. The Kier molecular flexibility index (Phi) is 6.22. The highest BCUT2D eigenvalue weighted by Crippen LogP contribution is 2.19. The lowest BCUT2D eigenvalue weighted by atomic mass is 10.1. The van der Waals surface area contributed by atoms with E-state index in [9.17, 15) is 4.79 Å². The standard InChI is InChI=1S/C22H24N4O2/c1-4-16-5-7-18(8-6-16)26-22(27)20-13-24-21(14-23-20)25-17-9-11-19(12-10-17)28-15(2)3/h5-15H,4H2,1-3H3,(H,24,25)(H,26,27). The highest BCUT2D eigenvalue weighted by Gasteiger charge is 2.09. The zero-order valence-corrected chi connectivity index (χ0v) is 16.3. The zero-order valence-electron chi connectivity index (χ0n) is 16.3. The van der Waals surface area contributed by atoms with Gasteiger partial charge in [-0.05, 0) is 62.2 Å². The Morgan fingerprint density at radius 2 is 1.64 bits per heavy atom. The first-order valence-corrected chi connectivity index (χ1v) is 9.29. The number of nitrogens with one attached hydrogen (secondary N) is 2. The number of ether oxygens (including phenoxy) is 1. The van der Waals surface area contributed by atoms with Gasteiger partial charge in [-0.3, -0.25) is 4.79 Å². The zero-order chi connectivity index (χ0) is 19.9. The van der Waals surface area contributed by atoms with Gasteiger partial charge in [-0.1, -0.05) is 19.1 Å². The number of anilines is 3. The lowest BCUT2D eigenvalue weighted by Gasteiger charge is -2.11. The summed E-state index contributed by atoms with van der Waals surface area (Å²) >= 11 is 0. The van der Waals surface area contributed by atoms with E-state index in [2.05, 4.69) is 27.5 Å². The van der Waals surface area contributed by atoms with Gasteiger partial charge in [0.25, 0.3) is 5.91 Å². The van der Waals surface area contributed by atoms with Crippen molar-refractivity contribution in [3.05, 3.63) is 72.2 Å². The summed E-state index contributed by atoms with van der Waals surface area (Å²) in [5.74, 6) is 1.07. The van der Waals surface area contributed by atoms with Crippen LogP contribution in [-0.4, -0.2) is 22.0 Å². The minimum atomic E-state index is -0.293. The van der Waals surface area contributed by atoms with Crippen molar-refractivity contribution in [2.24, 2.45) is 0 Å². The van der Waals surface area contributed by atoms with Crippen molar-refractivity contribution in [3.63, 3.8) is 0 Å². The Morgan fingerprint density at radius 1 is 0.964 bits per heavy atom. The summed E-state index contributed by atoms with van der Waals surface area (Å²) in [4.78, 5) is 20.8. The average molecular weight is 376 g/mol. The molecule has 28 heavy (non-hydrogen) atoms. The van der Waals surface area contributed by atoms with E-state index in [1.165, 1.54) is 18.0 Å². The average Bonchev–Trinajstić information content (AvgIpc) is 2.70. The van der Waals surface area contributed by atoms with Crippen LogP contribution in [0.2, 0.25) is 0 Å². The molecule has 0 radical (unpaired) electrons. The minimum Gasteiger partial charge on any atom is -0.491 e. The van der Waals surface area contributed by atoms with Crippen molar-refractivity contribution in [1.82, 2.24) is 9.97 Å². The predicted molar refractivity (Wildman–Crippen MR) is 111 cm³/mol. The predicted octanol–water partition coefficient (Wildman–Crippen LogP) is 4.82. The van der Waals surface area contributed by atoms with Gasteiger partial charge in [0.05, 0.1) is 18.5 Å². The number of aryl methyl sites for hydroxylation is 1. The number of carbonyl (C=O) groups excluding carboxylic acids is 1. The summed E-state index contributed by atoms with van der Waals surface area (Å²) in [6.45, 7) is 6.06. The van der Waals surface area contributed by atoms with Crippen molar-refractivity contribution < 1.29 is 9.53 Å². The molecule has 0 saturated carbocycles. The molecule has 6 heteroatoms. The molecule has 144 valence electrons. The van der Waals surface area contributed by atoms with Crippen LogP contribution < -0.4 is 15.4 Å². The third-order valence-corrected chi connectivity index (χ3v) is 4.00. The fraction of sp³-hybridized carbons (Fsp3) is 0.227. The Labute approximate surface area is 165 Å². The monoisotopic (exact) mass is 376 g/mol. The maximum absolute atomic E-state index is 12.3. The fourth-order valence-electron chi connectivity index (χ4n) is 2.57. The van der Waals surface area contributed by atoms with E-state index in [-0.39, 0.29) is 17.7 Å². The SMILES string of the molecule is CCc1ccc(NC(=O)c2cnc(Nc3ccc(OC(C)C)cc3)cn2)cc1. The van der Waals surface area contributed by atoms with E-state index >= 15 is 0 Å². The molecule has 0 aliphatic carbocycles. The van der Waals surface area contributed by atoms with E-state index in [0.717, 1.165) is 23.5 Å². The summed E-state index contributed by atoms with van der Waals surface area (Å²) in [6.07, 6.45) is 4.08. The molecule has 0 saturated heterocycles. The second kappa shape index (κ2) is 8.99. The first kappa shape index (κ1) is 19.4. The van der Waals surface area contributed by atoms with Gasteiger partial charge in [0.15, 0.2) is 0 Å². The molecule has 6 nitrogen and oxygen atoms in total. The van der Waals surface area contributed by atoms with Crippen LogP contribution >= 0.6 is 0 Å². The number of hydrogen-bond donors (Lipinski definition) is 2. The third kappa shape index (κ3) is 5.30. The van der Waals surface area contributed by atoms with Crippen molar-refractivity contribution in [2.75, 3.05) is 10.6 Å². The molecule has 0 unspecified atom stereocenters. The van der Waals surface area contributed by atoms with Crippen LogP contribution in [0.1, 0.15) is 36.8 Å². The van der Waals surface area contributed by atoms with E-state index in [4.69, 9.17) is 4.74 Å². The fourth-order valence-corrected chi connectivity index (χ4v) is 2.57. The van der Waals surface area contributed by atoms with Crippen molar-refractivity contribution in [3.8, 4) is 5.75 Å². The van der Waals surface area contributed by atoms with Crippen LogP contribution in [0.15, 0.2) is 60.9 Å². The smallest absolute Gasteiger partial charge is 0.275 e. The molecule has 0 aliphatic heterocycles. The van der Waals surface area contributed by atoms with Crippen molar-refractivity contribution in [2.45, 2.75) is 33.3 Å². The quantitative estimate of drug-likeness (QED) is 0.618. The molecular weight excluding hydrogens is 352 g/mol. The van der Waals surface area contributed by atoms with Crippen LogP contribution in [0, 0.1) is 0 Å². The third-order valence-electron chi connectivity index (χ3n) is 4.00. The molecule has 3 aromatic rings. The molecule has 0 atom stereocenters. The van der Waals surface area contributed by atoms with Crippen LogP contribution in [0.5, 0.6) is 5.75 Å². The molecule has 1 amide bonds. The molecule has 2 aromatic carbocycles. The van der Waals surface area contributed by atoms with Gasteiger partial charge >= 0.3 is 0 Å². The summed E-state index contributed by atoms with van der Waals surface area (Å²) in [7, 11) is 0. The van der Waals surface area contributed by atoms with Gasteiger partial charge in [-0.2, -0.15) is 0 Å². The second-order valence-corrected chi connectivity index (χ2v) is 6.61. The maximum Gasteiger partial charge on any atom is 0.275 e. The van der Waals surface area contributed by atoms with Gasteiger partial charge in [-0.15, -0.1) is 0 Å². The molecule has 0 fully saturated rings. The lowest BCUT2D eigenvalue weighted by molar-refractivity contribution is 0.102. The van der Waals surface area contributed by atoms with Crippen LogP contribution in [0.25, 0.3) is 0 Å². The number of hydrogen-bond acceptors (Lipinski definition) is 5. The molecule has 0 aliphatic rings. The Balaban J connectivity index is 1.60. The lowest BCUT2D eigenvalue weighted by Crippen LogP contribution is -2.14. The van der Waals surface area contributed by atoms with E-state index in [1.54, 1.807) is 0 Å². The van der Waals surface area contributed by atoms with Gasteiger partial charge in [0.1, 0.15) is 17.3 Å². The molecular formula is C22H24N4O2. The molecule has 0 spiro atoms. The number of nitrogens with zero attached hydrogens (tertiary/aromatic N) is 2. The Hall–Kier alpha value is -3.41. The Morgan fingerprint density at radius 3 is 2.21 bits per heavy atom. The summed E-state index contributed by atoms with van der Waals surface area (Å²) in [5, 5.41) is 5.98. The molecule has 3 rings (SSSR count). The van der Waals surface area contributed by atoms with Gasteiger partial charge in [0, 0.05) is 11.4 Å². The molecule has 1 aromatic heterocycles. The van der Waals surface area contributed by atoms with Crippen molar-refractivity contribution in [1.29, 1.82) is 0 Å². The summed E-state index contributed by atoms with van der Waals surface area (Å²) in [5.41, 5.74) is 3.07. The molecule has 0 bridgehead atoms. The number of benzene rings is 2. The van der Waals surface area contributed by atoms with Gasteiger partial charge < -0.3 is 15.4 Å². The van der Waals surface area contributed by atoms with Crippen LogP contribution in [0.3, 0.4) is 0 Å². The first-order chi connectivity index (χ1) is 13.5. The second-order valence-electron chi connectivity index (χ2n) is 6.61. The van der Waals surface area contributed by atoms with Gasteiger partial charge in [0.2, 0.25) is 0 Å². The minimum absolute atomic E-state index is 0.132. The topological polar surface area (TPSA) is 76.1 Å². The number of amides is 1. The van der Waals surface area contributed by atoms with Crippen LogP contribution in [-0.2, 0) is 6.42 Å². The van der Waals surface area contributed by atoms with Crippen LogP contribution in [0.4, 0.5) is 17.2 Å². The molecule has 2 N–H and O–H groups in total. The first-order valence-electron chi connectivity index (χ1n) is 9.29. The maximum atomic E-state index is 12.3. The normalized spacial score (nSPS) is 10.6. The number of rotatable bonds is 7. The Bertz CT molecular complexity index is 905. The number of carbonyl (C=O) groups is 1. The molecule has 1 heterocycles. The van der Waals surface area contributed by atoms with E-state index in [1.807, 2.05) is 62.4 Å². The van der Waals surface area contributed by atoms with E-state index in [0.29, 0.717) is 5.82 Å². The summed E-state index contributed by atoms with van der Waals surface area (Å²) < 4.78 is 5.62. The van der Waals surface area contributed by atoms with E-state index < -0.39 is 0 Å². The number of aromatic nitrogens is 2. The highest BCUT2D eigenvalue weighted by molar-refractivity contribution is 6.02. The summed E-state index contributed by atoms with van der Waals surface area (Å²) in [6, 6.07) is 15.3. The van der Waals surface area contributed by atoms with Gasteiger partial charge in [-0.25, -0.2) is 9.97 Å². The largest absolute Gasteiger partial charge is 0.491 e.